The first kappa shape index (κ1) is 7.18. The van der Waals surface area contributed by atoms with Crippen molar-refractivity contribution < 1.29 is 0 Å². The molecule has 1 aliphatic rings. The van der Waals surface area contributed by atoms with E-state index >= 15 is 0 Å². The lowest BCUT2D eigenvalue weighted by Gasteiger charge is -1.95. The minimum atomic E-state index is 0.786. The molecule has 0 atom stereocenters. The predicted octanol–water partition coefficient (Wildman–Crippen LogP) is 2.65. The normalized spacial score (nSPS) is 13.4. The van der Waals surface area contributed by atoms with Crippen molar-refractivity contribution in [3.8, 4) is 12.3 Å². The number of benzene rings is 1. The fourth-order valence-corrected chi connectivity index (χ4v) is 1.60. The van der Waals surface area contributed by atoms with Crippen LogP contribution in [0.15, 0.2) is 29.8 Å². The number of hydrogen-bond donors (Lipinski definition) is 0. The Hall–Kier alpha value is -1.48. The Morgan fingerprint density at radius 3 is 2.92 bits per heavy atom. The maximum atomic E-state index is 5.25. The third-order valence-electron chi connectivity index (χ3n) is 2.16. The van der Waals surface area contributed by atoms with Gasteiger partial charge in [0, 0.05) is 6.42 Å². The Morgan fingerprint density at radius 1 is 1.33 bits per heavy atom. The maximum absolute atomic E-state index is 5.25. The van der Waals surface area contributed by atoms with Gasteiger partial charge in [0.1, 0.15) is 0 Å². The van der Waals surface area contributed by atoms with Gasteiger partial charge in [-0.05, 0) is 17.5 Å². The molecule has 0 radical (unpaired) electrons. The zero-order valence-corrected chi connectivity index (χ0v) is 6.88. The van der Waals surface area contributed by atoms with Crippen molar-refractivity contribution >= 4 is 6.08 Å². The van der Waals surface area contributed by atoms with Crippen LogP contribution >= 0.6 is 0 Å². The van der Waals surface area contributed by atoms with E-state index in [2.05, 4.69) is 36.3 Å². The summed E-state index contributed by atoms with van der Waals surface area (Å²) in [6.45, 7) is 0. The molecule has 0 N–H and O–H groups in total. The molecule has 0 heteroatoms. The van der Waals surface area contributed by atoms with E-state index in [0.717, 1.165) is 12.8 Å². The third kappa shape index (κ3) is 1.14. The molecule has 1 aromatic carbocycles. The lowest BCUT2D eigenvalue weighted by molar-refractivity contribution is 1.13. The van der Waals surface area contributed by atoms with Crippen molar-refractivity contribution in [3.05, 3.63) is 41.0 Å². The van der Waals surface area contributed by atoms with Crippen molar-refractivity contribution in [3.63, 3.8) is 0 Å². The Kier molecular flexibility index (Phi) is 1.72. The van der Waals surface area contributed by atoms with Crippen LogP contribution in [0.3, 0.4) is 0 Å². The first-order valence-corrected chi connectivity index (χ1v) is 4.11. The Balaban J connectivity index is 2.30. The Labute approximate surface area is 72.9 Å². The molecule has 58 valence electrons. The van der Waals surface area contributed by atoms with Crippen LogP contribution in [0.2, 0.25) is 0 Å². The van der Waals surface area contributed by atoms with Crippen LogP contribution < -0.4 is 0 Å². The molecule has 0 saturated heterocycles. The number of terminal acetylenes is 1. The highest BCUT2D eigenvalue weighted by molar-refractivity contribution is 5.64. The zero-order valence-electron chi connectivity index (χ0n) is 6.88. The molecule has 0 amide bonds. The first-order valence-electron chi connectivity index (χ1n) is 4.11. The second-order valence-electron chi connectivity index (χ2n) is 3.06. The molecular weight excluding hydrogens is 144 g/mol. The number of fused-ring (bicyclic) bond motifs is 1. The van der Waals surface area contributed by atoms with E-state index in [1.165, 1.54) is 16.7 Å². The molecule has 0 fully saturated rings. The predicted molar refractivity (Wildman–Crippen MR) is 51.6 cm³/mol. The van der Waals surface area contributed by atoms with E-state index in [4.69, 9.17) is 6.42 Å². The first-order chi connectivity index (χ1) is 5.90. The van der Waals surface area contributed by atoms with Crippen LogP contribution in [-0.2, 0) is 6.42 Å². The summed E-state index contributed by atoms with van der Waals surface area (Å²) in [6.07, 6.45) is 9.28. The highest BCUT2D eigenvalue weighted by Crippen LogP contribution is 2.25. The van der Waals surface area contributed by atoms with Crippen molar-refractivity contribution in [2.45, 2.75) is 12.8 Å². The molecule has 0 nitrogen and oxygen atoms in total. The van der Waals surface area contributed by atoms with Crippen LogP contribution in [0.5, 0.6) is 0 Å². The molecule has 0 spiro atoms. The summed E-state index contributed by atoms with van der Waals surface area (Å²) < 4.78 is 0. The van der Waals surface area contributed by atoms with E-state index in [1.54, 1.807) is 0 Å². The van der Waals surface area contributed by atoms with Crippen LogP contribution in [0, 0.1) is 12.3 Å². The number of hydrogen-bond acceptors (Lipinski definition) is 0. The van der Waals surface area contributed by atoms with Crippen molar-refractivity contribution in [2.75, 3.05) is 0 Å². The fourth-order valence-electron chi connectivity index (χ4n) is 1.60. The fraction of sp³-hybridized carbons (Fsp3) is 0.167. The number of rotatable bonds is 1. The van der Waals surface area contributed by atoms with Crippen molar-refractivity contribution in [1.29, 1.82) is 0 Å². The summed E-state index contributed by atoms with van der Waals surface area (Å²) in [7, 11) is 0. The summed E-state index contributed by atoms with van der Waals surface area (Å²) in [4.78, 5) is 0. The maximum Gasteiger partial charge on any atom is 0.0303 e. The van der Waals surface area contributed by atoms with Gasteiger partial charge in [-0.15, -0.1) is 12.3 Å². The summed E-state index contributed by atoms with van der Waals surface area (Å²) >= 11 is 0. The molecule has 0 saturated carbocycles. The van der Waals surface area contributed by atoms with Gasteiger partial charge >= 0.3 is 0 Å². The molecule has 0 aromatic heterocycles. The lowest BCUT2D eigenvalue weighted by atomic mass is 10.1. The zero-order chi connectivity index (χ0) is 8.39. The van der Waals surface area contributed by atoms with E-state index in [-0.39, 0.29) is 0 Å². The lowest BCUT2D eigenvalue weighted by Crippen LogP contribution is -1.82. The van der Waals surface area contributed by atoms with Gasteiger partial charge < -0.3 is 0 Å². The third-order valence-corrected chi connectivity index (χ3v) is 2.16. The van der Waals surface area contributed by atoms with Crippen LogP contribution in [0.4, 0.5) is 0 Å². The van der Waals surface area contributed by atoms with E-state index in [9.17, 15) is 0 Å². The molecule has 0 unspecified atom stereocenters. The molecule has 1 aliphatic carbocycles. The summed E-state index contributed by atoms with van der Waals surface area (Å²) in [5.41, 5.74) is 4.10. The van der Waals surface area contributed by atoms with E-state index in [0.29, 0.717) is 0 Å². The molecule has 0 bridgehead atoms. The van der Waals surface area contributed by atoms with E-state index in [1.807, 2.05) is 0 Å². The standard InChI is InChI=1S/C12H10/c1-2-5-10-8-11-6-3-4-7-12(11)9-10/h1,3-4,6-8H,5,9H2. The topological polar surface area (TPSA) is 0 Å². The summed E-state index contributed by atoms with van der Waals surface area (Å²) in [5, 5.41) is 0. The van der Waals surface area contributed by atoms with Gasteiger partial charge in [0.05, 0.1) is 0 Å². The van der Waals surface area contributed by atoms with Crippen LogP contribution in [-0.4, -0.2) is 0 Å². The monoisotopic (exact) mass is 154 g/mol. The summed E-state index contributed by atoms with van der Waals surface area (Å²) in [6, 6.07) is 8.44. The summed E-state index contributed by atoms with van der Waals surface area (Å²) in [5.74, 6) is 2.68. The van der Waals surface area contributed by atoms with Gasteiger partial charge in [-0.2, -0.15) is 0 Å². The molecule has 0 heterocycles. The van der Waals surface area contributed by atoms with Crippen LogP contribution in [0.1, 0.15) is 17.5 Å². The SMILES string of the molecule is C#CCC1=Cc2ccccc2C1. The molecular formula is C12H10. The van der Waals surface area contributed by atoms with Gasteiger partial charge in [0.2, 0.25) is 0 Å². The largest absolute Gasteiger partial charge is 0.120 e. The molecule has 1 aromatic rings. The van der Waals surface area contributed by atoms with E-state index < -0.39 is 0 Å². The smallest absolute Gasteiger partial charge is 0.0303 e. The highest BCUT2D eigenvalue weighted by atomic mass is 14.1. The average Bonchev–Trinajstić information content (AvgIpc) is 2.47. The second-order valence-corrected chi connectivity index (χ2v) is 3.06. The average molecular weight is 154 g/mol. The highest BCUT2D eigenvalue weighted by Gasteiger charge is 2.09. The molecule has 12 heavy (non-hydrogen) atoms. The molecule has 0 aliphatic heterocycles. The van der Waals surface area contributed by atoms with Gasteiger partial charge in [-0.25, -0.2) is 0 Å². The van der Waals surface area contributed by atoms with Gasteiger partial charge in [0.25, 0.3) is 0 Å². The minimum absolute atomic E-state index is 0.786. The second kappa shape index (κ2) is 2.87. The van der Waals surface area contributed by atoms with Crippen molar-refractivity contribution in [2.24, 2.45) is 0 Å². The minimum Gasteiger partial charge on any atom is -0.120 e. The number of allylic oxidation sites excluding steroid dienone is 1. The van der Waals surface area contributed by atoms with Gasteiger partial charge in [-0.1, -0.05) is 35.9 Å². The van der Waals surface area contributed by atoms with Gasteiger partial charge in [0.15, 0.2) is 0 Å². The van der Waals surface area contributed by atoms with Crippen molar-refractivity contribution in [1.82, 2.24) is 0 Å². The Morgan fingerprint density at radius 2 is 2.17 bits per heavy atom. The quantitative estimate of drug-likeness (QED) is 0.545. The van der Waals surface area contributed by atoms with Gasteiger partial charge in [-0.3, -0.25) is 0 Å². The molecule has 2 rings (SSSR count). The Bertz CT molecular complexity index is 364. The van der Waals surface area contributed by atoms with Crippen LogP contribution in [0.25, 0.3) is 6.08 Å².